The van der Waals surface area contributed by atoms with Gasteiger partial charge in [0.15, 0.2) is 5.11 Å². The van der Waals surface area contributed by atoms with Crippen molar-refractivity contribution in [1.82, 2.24) is 9.80 Å². The normalized spacial score (nSPS) is 15.6. The van der Waals surface area contributed by atoms with E-state index in [2.05, 4.69) is 27.0 Å². The molecule has 0 atom stereocenters. The summed E-state index contributed by atoms with van der Waals surface area (Å²) < 4.78 is 0. The Bertz CT molecular complexity index is 732. The Labute approximate surface area is 157 Å². The molecule has 1 aromatic heterocycles. The van der Waals surface area contributed by atoms with E-state index in [4.69, 9.17) is 18.0 Å². The Hall–Kier alpha value is -1.96. The first-order valence-electron chi connectivity index (χ1n) is 8.31. The van der Waals surface area contributed by atoms with E-state index in [1.165, 1.54) is 5.56 Å². The van der Waals surface area contributed by atoms with Gasteiger partial charge in [0.1, 0.15) is 0 Å². The quantitative estimate of drug-likeness (QED) is 0.806. The SMILES string of the molecule is NC(=S)Nc1cccc(C(=O)N2CCCN(Cc3ccsc3)CC2)c1. The minimum atomic E-state index is 0.0592. The zero-order valence-corrected chi connectivity index (χ0v) is 15.6. The summed E-state index contributed by atoms with van der Waals surface area (Å²) in [5.74, 6) is 0.0592. The summed E-state index contributed by atoms with van der Waals surface area (Å²) in [5.41, 5.74) is 8.26. The number of anilines is 1. The summed E-state index contributed by atoms with van der Waals surface area (Å²) in [6.45, 7) is 4.40. The highest BCUT2D eigenvalue weighted by atomic mass is 32.1. The van der Waals surface area contributed by atoms with Crippen molar-refractivity contribution in [2.24, 2.45) is 5.73 Å². The van der Waals surface area contributed by atoms with Gasteiger partial charge in [-0.25, -0.2) is 0 Å². The minimum Gasteiger partial charge on any atom is -0.376 e. The number of amides is 1. The van der Waals surface area contributed by atoms with Gasteiger partial charge in [-0.15, -0.1) is 0 Å². The number of benzene rings is 1. The highest BCUT2D eigenvalue weighted by Crippen LogP contribution is 2.16. The number of nitrogens with two attached hydrogens (primary N) is 1. The van der Waals surface area contributed by atoms with Gasteiger partial charge in [-0.05, 0) is 59.2 Å². The molecule has 7 heteroatoms. The molecule has 3 rings (SSSR count). The molecule has 132 valence electrons. The summed E-state index contributed by atoms with van der Waals surface area (Å²) in [6.07, 6.45) is 0.987. The Morgan fingerprint density at radius 1 is 1.24 bits per heavy atom. The van der Waals surface area contributed by atoms with E-state index in [-0.39, 0.29) is 11.0 Å². The predicted molar refractivity (Wildman–Crippen MR) is 107 cm³/mol. The van der Waals surface area contributed by atoms with Crippen molar-refractivity contribution in [3.63, 3.8) is 0 Å². The van der Waals surface area contributed by atoms with Gasteiger partial charge in [-0.1, -0.05) is 6.07 Å². The average Bonchev–Trinajstić information content (AvgIpc) is 2.98. The molecule has 0 unspecified atom stereocenters. The van der Waals surface area contributed by atoms with Crippen LogP contribution in [-0.2, 0) is 6.54 Å². The molecule has 1 amide bonds. The van der Waals surface area contributed by atoms with Crippen LogP contribution < -0.4 is 11.1 Å². The topological polar surface area (TPSA) is 61.6 Å². The average molecular weight is 375 g/mol. The molecule has 0 aliphatic carbocycles. The highest BCUT2D eigenvalue weighted by Gasteiger charge is 2.20. The molecule has 0 bridgehead atoms. The molecule has 1 fully saturated rings. The van der Waals surface area contributed by atoms with Crippen molar-refractivity contribution in [3.05, 3.63) is 52.2 Å². The number of nitrogens with one attached hydrogen (secondary N) is 1. The van der Waals surface area contributed by atoms with E-state index in [0.717, 1.165) is 44.8 Å². The monoisotopic (exact) mass is 374 g/mol. The van der Waals surface area contributed by atoms with Crippen molar-refractivity contribution in [3.8, 4) is 0 Å². The minimum absolute atomic E-state index is 0.0592. The van der Waals surface area contributed by atoms with Gasteiger partial charge >= 0.3 is 0 Å². The second-order valence-electron chi connectivity index (χ2n) is 6.12. The molecule has 1 aromatic carbocycles. The number of carbonyl (C=O) groups excluding carboxylic acids is 1. The first-order chi connectivity index (χ1) is 12.1. The number of carbonyl (C=O) groups is 1. The maximum atomic E-state index is 12.8. The second-order valence-corrected chi connectivity index (χ2v) is 7.34. The van der Waals surface area contributed by atoms with E-state index in [0.29, 0.717) is 5.56 Å². The molecule has 1 aliphatic rings. The lowest BCUT2D eigenvalue weighted by Crippen LogP contribution is -2.35. The van der Waals surface area contributed by atoms with Crippen LogP contribution in [0, 0.1) is 0 Å². The molecule has 1 aliphatic heterocycles. The molecule has 1 saturated heterocycles. The van der Waals surface area contributed by atoms with Crippen molar-refractivity contribution in [2.75, 3.05) is 31.5 Å². The Balaban J connectivity index is 1.62. The van der Waals surface area contributed by atoms with Crippen molar-refractivity contribution < 1.29 is 4.79 Å². The third-order valence-corrected chi connectivity index (χ3v) is 5.07. The van der Waals surface area contributed by atoms with Crippen molar-refractivity contribution >= 4 is 40.3 Å². The molecule has 3 N–H and O–H groups in total. The van der Waals surface area contributed by atoms with Crippen LogP contribution in [-0.4, -0.2) is 47.0 Å². The molecule has 0 saturated carbocycles. The molecule has 2 aromatic rings. The van der Waals surface area contributed by atoms with Gasteiger partial charge < -0.3 is 16.0 Å². The van der Waals surface area contributed by atoms with E-state index >= 15 is 0 Å². The van der Waals surface area contributed by atoms with E-state index in [1.54, 1.807) is 17.4 Å². The second kappa shape index (κ2) is 8.42. The third-order valence-electron chi connectivity index (χ3n) is 4.24. The van der Waals surface area contributed by atoms with Crippen LogP contribution in [0.4, 0.5) is 5.69 Å². The molecule has 25 heavy (non-hydrogen) atoms. The molecular formula is C18H22N4OS2. The maximum absolute atomic E-state index is 12.8. The molecule has 0 radical (unpaired) electrons. The van der Waals surface area contributed by atoms with Gasteiger partial charge in [0.05, 0.1) is 0 Å². The Morgan fingerprint density at radius 3 is 2.88 bits per heavy atom. The smallest absolute Gasteiger partial charge is 0.253 e. The van der Waals surface area contributed by atoms with E-state index in [1.807, 2.05) is 23.1 Å². The van der Waals surface area contributed by atoms with Gasteiger partial charge in [-0.2, -0.15) is 11.3 Å². The van der Waals surface area contributed by atoms with Gasteiger partial charge in [0.2, 0.25) is 0 Å². The summed E-state index contributed by atoms with van der Waals surface area (Å²) >= 11 is 6.58. The van der Waals surface area contributed by atoms with Gasteiger partial charge in [0.25, 0.3) is 5.91 Å². The lowest BCUT2D eigenvalue weighted by Gasteiger charge is -2.22. The molecular weight excluding hydrogens is 352 g/mol. The van der Waals surface area contributed by atoms with Crippen LogP contribution in [0.2, 0.25) is 0 Å². The van der Waals surface area contributed by atoms with Gasteiger partial charge in [-0.3, -0.25) is 9.69 Å². The first kappa shape index (κ1) is 17.8. The van der Waals surface area contributed by atoms with Crippen LogP contribution in [0.3, 0.4) is 0 Å². The van der Waals surface area contributed by atoms with Crippen LogP contribution in [0.15, 0.2) is 41.1 Å². The lowest BCUT2D eigenvalue weighted by molar-refractivity contribution is 0.0761. The van der Waals surface area contributed by atoms with E-state index < -0.39 is 0 Å². The fourth-order valence-corrected chi connectivity index (χ4v) is 3.81. The molecule has 2 heterocycles. The highest BCUT2D eigenvalue weighted by molar-refractivity contribution is 7.80. The Morgan fingerprint density at radius 2 is 2.12 bits per heavy atom. The summed E-state index contributed by atoms with van der Waals surface area (Å²) in [7, 11) is 0. The van der Waals surface area contributed by atoms with Crippen LogP contribution in [0.25, 0.3) is 0 Å². The van der Waals surface area contributed by atoms with Crippen LogP contribution >= 0.6 is 23.6 Å². The number of hydrogen-bond acceptors (Lipinski definition) is 4. The van der Waals surface area contributed by atoms with Crippen molar-refractivity contribution in [1.29, 1.82) is 0 Å². The standard InChI is InChI=1S/C18H22N4OS2/c19-18(24)20-16-4-1-3-15(11-16)17(23)22-7-2-6-21(8-9-22)12-14-5-10-25-13-14/h1,3-5,10-11,13H,2,6-9,12H2,(H3,19,20,24). The zero-order chi connectivity index (χ0) is 17.6. The number of thiophene rings is 1. The lowest BCUT2D eigenvalue weighted by atomic mass is 10.1. The number of rotatable bonds is 4. The van der Waals surface area contributed by atoms with Crippen molar-refractivity contribution in [2.45, 2.75) is 13.0 Å². The van der Waals surface area contributed by atoms with Crippen LogP contribution in [0.1, 0.15) is 22.3 Å². The number of nitrogens with zero attached hydrogens (tertiary/aromatic N) is 2. The number of thiocarbonyl (C=S) groups is 1. The Kier molecular flexibility index (Phi) is 6.01. The third kappa shape index (κ3) is 5.01. The zero-order valence-electron chi connectivity index (χ0n) is 14.0. The molecule has 0 spiro atoms. The number of hydrogen-bond donors (Lipinski definition) is 2. The summed E-state index contributed by atoms with van der Waals surface area (Å²) in [6, 6.07) is 9.49. The van der Waals surface area contributed by atoms with E-state index in [9.17, 15) is 4.79 Å². The predicted octanol–water partition coefficient (Wildman–Crippen LogP) is 2.75. The maximum Gasteiger partial charge on any atom is 0.253 e. The van der Waals surface area contributed by atoms with Gasteiger partial charge in [0, 0.05) is 44.0 Å². The van der Waals surface area contributed by atoms with Crippen LogP contribution in [0.5, 0.6) is 0 Å². The molecule has 5 nitrogen and oxygen atoms in total. The summed E-state index contributed by atoms with van der Waals surface area (Å²) in [5, 5.41) is 7.37. The fourth-order valence-electron chi connectivity index (χ4n) is 3.03. The largest absolute Gasteiger partial charge is 0.376 e. The first-order valence-corrected chi connectivity index (χ1v) is 9.66. The fraction of sp³-hybridized carbons (Fsp3) is 0.333. The summed E-state index contributed by atoms with van der Waals surface area (Å²) in [4.78, 5) is 17.2.